The highest BCUT2D eigenvalue weighted by Crippen LogP contribution is 2.27. The highest BCUT2D eigenvalue weighted by molar-refractivity contribution is 5.28. The van der Waals surface area contributed by atoms with E-state index >= 15 is 0 Å². The number of benzene rings is 1. The van der Waals surface area contributed by atoms with Crippen molar-refractivity contribution in [2.75, 3.05) is 19.6 Å². The molecule has 17 heavy (non-hydrogen) atoms. The van der Waals surface area contributed by atoms with Gasteiger partial charge in [-0.05, 0) is 55.8 Å². The third kappa shape index (κ3) is 2.53. The molecule has 2 aliphatic heterocycles. The maximum Gasteiger partial charge on any atom is 0.0320 e. The molecule has 1 aromatic rings. The second-order valence-electron chi connectivity index (χ2n) is 5.36. The van der Waals surface area contributed by atoms with Crippen LogP contribution in [0.15, 0.2) is 24.3 Å². The molecule has 2 nitrogen and oxygen atoms in total. The molecule has 0 radical (unpaired) electrons. The molecule has 0 amide bonds. The molecule has 0 saturated carbocycles. The summed E-state index contributed by atoms with van der Waals surface area (Å²) in [6, 6.07) is 9.94. The highest BCUT2D eigenvalue weighted by atomic mass is 14.9. The van der Waals surface area contributed by atoms with E-state index in [2.05, 4.69) is 34.9 Å². The van der Waals surface area contributed by atoms with Crippen LogP contribution < -0.4 is 10.6 Å². The van der Waals surface area contributed by atoms with Gasteiger partial charge in [-0.3, -0.25) is 0 Å². The molecule has 92 valence electrons. The zero-order valence-electron chi connectivity index (χ0n) is 10.4. The smallest absolute Gasteiger partial charge is 0.0320 e. The number of piperidine rings is 1. The van der Waals surface area contributed by atoms with Crippen molar-refractivity contribution in [2.24, 2.45) is 0 Å². The summed E-state index contributed by atoms with van der Waals surface area (Å²) in [5.41, 5.74) is 2.98. The second kappa shape index (κ2) is 5.19. The maximum absolute atomic E-state index is 3.56. The molecule has 0 aromatic heterocycles. The first-order valence-corrected chi connectivity index (χ1v) is 6.97. The number of nitrogens with one attached hydrogen (secondary N) is 2. The lowest BCUT2D eigenvalue weighted by Gasteiger charge is -2.23. The molecule has 2 aliphatic rings. The van der Waals surface area contributed by atoms with Gasteiger partial charge in [-0.1, -0.05) is 24.3 Å². The third-order valence-electron chi connectivity index (χ3n) is 4.17. The zero-order valence-corrected chi connectivity index (χ0v) is 10.4. The Hall–Kier alpha value is -0.860. The summed E-state index contributed by atoms with van der Waals surface area (Å²) in [5, 5.41) is 7.05. The summed E-state index contributed by atoms with van der Waals surface area (Å²) in [5.74, 6) is 0.731. The summed E-state index contributed by atoms with van der Waals surface area (Å²) in [7, 11) is 0. The van der Waals surface area contributed by atoms with Crippen LogP contribution in [0.5, 0.6) is 0 Å². The Morgan fingerprint density at radius 2 is 1.65 bits per heavy atom. The molecule has 2 unspecified atom stereocenters. The molecule has 1 aromatic carbocycles. The summed E-state index contributed by atoms with van der Waals surface area (Å²) >= 11 is 0. The highest BCUT2D eigenvalue weighted by Gasteiger charge is 2.18. The normalized spacial score (nSPS) is 29.4. The van der Waals surface area contributed by atoms with Gasteiger partial charge in [-0.25, -0.2) is 0 Å². The van der Waals surface area contributed by atoms with E-state index in [4.69, 9.17) is 0 Å². The van der Waals surface area contributed by atoms with Crippen molar-refractivity contribution in [3.63, 3.8) is 0 Å². The predicted octanol–water partition coefficient (Wildman–Crippen LogP) is 2.58. The van der Waals surface area contributed by atoms with Crippen LogP contribution in [0, 0.1) is 0 Å². The van der Waals surface area contributed by atoms with Crippen LogP contribution in [-0.4, -0.2) is 19.6 Å². The maximum atomic E-state index is 3.56. The first kappa shape index (κ1) is 11.2. The Balaban J connectivity index is 1.70. The molecule has 0 spiro atoms. The SMILES string of the molecule is c1cc(C2CCCN2)ccc1C1CCCNC1. The van der Waals surface area contributed by atoms with E-state index < -0.39 is 0 Å². The van der Waals surface area contributed by atoms with Gasteiger partial charge in [0, 0.05) is 12.6 Å². The van der Waals surface area contributed by atoms with Crippen molar-refractivity contribution in [1.29, 1.82) is 0 Å². The van der Waals surface area contributed by atoms with Gasteiger partial charge in [0.15, 0.2) is 0 Å². The molecule has 2 heterocycles. The van der Waals surface area contributed by atoms with Crippen molar-refractivity contribution >= 4 is 0 Å². The van der Waals surface area contributed by atoms with Crippen molar-refractivity contribution in [1.82, 2.24) is 10.6 Å². The van der Waals surface area contributed by atoms with Gasteiger partial charge in [0.05, 0.1) is 0 Å². The van der Waals surface area contributed by atoms with Gasteiger partial charge in [0.2, 0.25) is 0 Å². The van der Waals surface area contributed by atoms with Crippen LogP contribution in [0.25, 0.3) is 0 Å². The van der Waals surface area contributed by atoms with Crippen LogP contribution in [0.2, 0.25) is 0 Å². The standard InChI is InChI=1S/C15H22N2/c1-3-14(11-16-9-1)12-5-7-13(8-6-12)15-4-2-10-17-15/h5-8,14-17H,1-4,9-11H2. The minimum Gasteiger partial charge on any atom is -0.316 e. The lowest BCUT2D eigenvalue weighted by atomic mass is 9.90. The van der Waals surface area contributed by atoms with Gasteiger partial charge >= 0.3 is 0 Å². The van der Waals surface area contributed by atoms with E-state index in [9.17, 15) is 0 Å². The average molecular weight is 230 g/mol. The van der Waals surface area contributed by atoms with Crippen LogP contribution in [0.4, 0.5) is 0 Å². The van der Waals surface area contributed by atoms with Crippen LogP contribution in [0.3, 0.4) is 0 Å². The average Bonchev–Trinajstić information content (AvgIpc) is 2.94. The Morgan fingerprint density at radius 3 is 2.29 bits per heavy atom. The van der Waals surface area contributed by atoms with E-state index in [0.717, 1.165) is 12.5 Å². The van der Waals surface area contributed by atoms with Crippen molar-refractivity contribution < 1.29 is 0 Å². The molecule has 2 N–H and O–H groups in total. The van der Waals surface area contributed by atoms with Crippen molar-refractivity contribution in [3.8, 4) is 0 Å². The van der Waals surface area contributed by atoms with Gasteiger partial charge in [-0.15, -0.1) is 0 Å². The molecule has 2 fully saturated rings. The quantitative estimate of drug-likeness (QED) is 0.816. The van der Waals surface area contributed by atoms with E-state index in [1.165, 1.54) is 49.9 Å². The lowest BCUT2D eigenvalue weighted by Crippen LogP contribution is -2.28. The summed E-state index contributed by atoms with van der Waals surface area (Å²) in [6.07, 6.45) is 5.27. The summed E-state index contributed by atoms with van der Waals surface area (Å²) in [4.78, 5) is 0. The van der Waals surface area contributed by atoms with Gasteiger partial charge in [0.1, 0.15) is 0 Å². The number of hydrogen-bond donors (Lipinski definition) is 2. The van der Waals surface area contributed by atoms with Crippen molar-refractivity contribution in [3.05, 3.63) is 35.4 Å². The molecule has 2 saturated heterocycles. The van der Waals surface area contributed by atoms with Gasteiger partial charge in [-0.2, -0.15) is 0 Å². The molecule has 3 rings (SSSR count). The van der Waals surface area contributed by atoms with E-state index in [-0.39, 0.29) is 0 Å². The Labute approximate surface area is 104 Å². The Bertz CT molecular complexity index is 346. The second-order valence-corrected chi connectivity index (χ2v) is 5.36. The molecular weight excluding hydrogens is 208 g/mol. The van der Waals surface area contributed by atoms with Crippen molar-refractivity contribution in [2.45, 2.75) is 37.6 Å². The Kier molecular flexibility index (Phi) is 3.44. The zero-order chi connectivity index (χ0) is 11.5. The molecule has 0 aliphatic carbocycles. The van der Waals surface area contributed by atoms with Crippen LogP contribution in [-0.2, 0) is 0 Å². The van der Waals surface area contributed by atoms with E-state index in [1.807, 2.05) is 0 Å². The van der Waals surface area contributed by atoms with Crippen LogP contribution in [0.1, 0.15) is 48.8 Å². The Morgan fingerprint density at radius 1 is 0.882 bits per heavy atom. The summed E-state index contributed by atoms with van der Waals surface area (Å²) in [6.45, 7) is 3.53. The van der Waals surface area contributed by atoms with E-state index in [1.54, 1.807) is 0 Å². The molecular formula is C15H22N2. The lowest BCUT2D eigenvalue weighted by molar-refractivity contribution is 0.461. The topological polar surface area (TPSA) is 24.1 Å². The molecule has 2 atom stereocenters. The first-order chi connectivity index (χ1) is 8.43. The summed E-state index contributed by atoms with van der Waals surface area (Å²) < 4.78 is 0. The fourth-order valence-corrected chi connectivity index (χ4v) is 3.11. The number of rotatable bonds is 2. The van der Waals surface area contributed by atoms with E-state index in [0.29, 0.717) is 6.04 Å². The monoisotopic (exact) mass is 230 g/mol. The number of hydrogen-bond acceptors (Lipinski definition) is 2. The fourth-order valence-electron chi connectivity index (χ4n) is 3.11. The predicted molar refractivity (Wildman–Crippen MR) is 71.3 cm³/mol. The molecule has 2 heteroatoms. The van der Waals surface area contributed by atoms with Crippen LogP contribution >= 0.6 is 0 Å². The van der Waals surface area contributed by atoms with Gasteiger partial charge < -0.3 is 10.6 Å². The first-order valence-electron chi connectivity index (χ1n) is 6.97. The fraction of sp³-hybridized carbons (Fsp3) is 0.600. The van der Waals surface area contributed by atoms with Gasteiger partial charge in [0.25, 0.3) is 0 Å². The largest absolute Gasteiger partial charge is 0.316 e. The minimum absolute atomic E-state index is 0.605. The third-order valence-corrected chi connectivity index (χ3v) is 4.17. The minimum atomic E-state index is 0.605. The molecule has 0 bridgehead atoms.